The van der Waals surface area contributed by atoms with Crippen molar-refractivity contribution in [3.05, 3.63) is 77.5 Å². The number of imidazole rings is 1. The number of carbonyl (C=O) groups is 2. The molecule has 4 heterocycles. The first-order valence-electron chi connectivity index (χ1n) is 16.4. The summed E-state index contributed by atoms with van der Waals surface area (Å²) in [4.78, 5) is 36.6. The quantitative estimate of drug-likeness (QED) is 0.244. The van der Waals surface area contributed by atoms with Gasteiger partial charge in [-0.1, -0.05) is 25.1 Å². The Morgan fingerprint density at radius 2 is 1.81 bits per heavy atom. The maximum absolute atomic E-state index is 13.7. The molecule has 7 rings (SSSR count). The number of amides is 2. The molecule has 2 aliphatic rings. The molecule has 1 aliphatic heterocycles. The number of fused-ring (bicyclic) bond motifs is 2. The number of rotatable bonds is 9. The van der Waals surface area contributed by atoms with Crippen LogP contribution in [0.3, 0.4) is 0 Å². The summed E-state index contributed by atoms with van der Waals surface area (Å²) < 4.78 is 10.2. The molecule has 1 saturated heterocycles. The number of hydrogen-bond acceptors (Lipinski definition) is 7. The van der Waals surface area contributed by atoms with Crippen molar-refractivity contribution in [3.8, 4) is 17.3 Å². The lowest BCUT2D eigenvalue weighted by molar-refractivity contribution is -0.0168. The molecule has 2 aromatic carbocycles. The van der Waals surface area contributed by atoms with E-state index < -0.39 is 0 Å². The van der Waals surface area contributed by atoms with Gasteiger partial charge in [0.15, 0.2) is 5.82 Å². The van der Waals surface area contributed by atoms with Crippen molar-refractivity contribution < 1.29 is 14.3 Å². The molecule has 0 radical (unpaired) electrons. The summed E-state index contributed by atoms with van der Waals surface area (Å²) in [6.07, 6.45) is 3.23. The Labute approximate surface area is 274 Å². The van der Waals surface area contributed by atoms with E-state index in [-0.39, 0.29) is 23.8 Å². The van der Waals surface area contributed by atoms with E-state index >= 15 is 0 Å². The van der Waals surface area contributed by atoms with Gasteiger partial charge in [0.2, 0.25) is 0 Å². The molecule has 0 bridgehead atoms. The third kappa shape index (κ3) is 5.96. The highest BCUT2D eigenvalue weighted by atomic mass is 16.5. The number of carbonyl (C=O) groups excluding carboxylic acids is 2. The molecule has 2 fully saturated rings. The predicted octanol–water partition coefficient (Wildman–Crippen LogP) is 4.56. The highest BCUT2D eigenvalue weighted by molar-refractivity contribution is 6.00. The first kappa shape index (κ1) is 30.9. The molecule has 0 spiro atoms. The number of nitrogens with zero attached hydrogens (tertiary/aromatic N) is 6. The molecule has 244 valence electrons. The van der Waals surface area contributed by atoms with Gasteiger partial charge >= 0.3 is 0 Å². The number of aromatic nitrogens is 4. The molecule has 5 aromatic rings. The van der Waals surface area contributed by atoms with Crippen LogP contribution in [0.1, 0.15) is 58.5 Å². The number of pyridine rings is 1. The van der Waals surface area contributed by atoms with Gasteiger partial charge < -0.3 is 24.9 Å². The Balaban J connectivity index is 1.24. The molecule has 1 aliphatic carbocycles. The summed E-state index contributed by atoms with van der Waals surface area (Å²) >= 11 is 0. The largest absolute Gasteiger partial charge is 0.494 e. The predicted molar refractivity (Wildman–Crippen MR) is 182 cm³/mol. The fraction of sp³-hybridized carbons (Fsp3) is 0.389. The summed E-state index contributed by atoms with van der Waals surface area (Å²) in [5, 5.41) is 7.73. The van der Waals surface area contributed by atoms with E-state index in [4.69, 9.17) is 20.4 Å². The maximum atomic E-state index is 13.7. The molecular weight excluding hydrogens is 592 g/mol. The average Bonchev–Trinajstić information content (AvgIpc) is 3.76. The van der Waals surface area contributed by atoms with Crippen LogP contribution in [0.4, 0.5) is 0 Å². The Kier molecular flexibility index (Phi) is 8.19. The second kappa shape index (κ2) is 12.5. The molecule has 2 amide bonds. The van der Waals surface area contributed by atoms with Crippen molar-refractivity contribution in [2.75, 3.05) is 33.8 Å². The lowest BCUT2D eigenvalue weighted by atomic mass is 10.1. The van der Waals surface area contributed by atoms with Crippen LogP contribution >= 0.6 is 0 Å². The minimum absolute atomic E-state index is 0.0178. The van der Waals surface area contributed by atoms with E-state index in [1.807, 2.05) is 66.1 Å². The second-order valence-electron chi connectivity index (χ2n) is 13.1. The minimum atomic E-state index is -0.122. The number of methoxy groups -OCH3 is 1. The fourth-order valence-corrected chi connectivity index (χ4v) is 6.52. The van der Waals surface area contributed by atoms with Gasteiger partial charge in [-0.2, -0.15) is 0 Å². The van der Waals surface area contributed by atoms with Crippen molar-refractivity contribution in [1.82, 2.24) is 34.4 Å². The zero-order chi connectivity index (χ0) is 32.8. The molecule has 11 heteroatoms. The standard InChI is InChI=1S/C36H42N8O3/c1-22(19-38-35(45)24-8-6-5-7-9-24)28-13-12-25-17-30(43(33(25)39-28)20-23-10-11-23)34-40-29-16-26(18-31(47-4)32(29)42(34)3)36(46)44-21-27(37)14-15-41(44)2/h5-9,12-13,16-18,22-23,27H,10-11,14-15,19-21,37H2,1-4H3,(H,38,45). The number of nitrogens with two attached hydrogens (primary N) is 1. The molecule has 11 nitrogen and oxygen atoms in total. The normalized spacial score (nSPS) is 17.7. The highest BCUT2D eigenvalue weighted by Crippen LogP contribution is 2.38. The third-order valence-corrected chi connectivity index (χ3v) is 9.52. The van der Waals surface area contributed by atoms with E-state index in [1.54, 1.807) is 18.2 Å². The summed E-state index contributed by atoms with van der Waals surface area (Å²) in [5.74, 6) is 1.77. The minimum Gasteiger partial charge on any atom is -0.494 e. The van der Waals surface area contributed by atoms with Crippen molar-refractivity contribution in [3.63, 3.8) is 0 Å². The average molecular weight is 635 g/mol. The van der Waals surface area contributed by atoms with Gasteiger partial charge in [-0.25, -0.2) is 15.0 Å². The number of aryl methyl sites for hydroxylation is 1. The second-order valence-corrected chi connectivity index (χ2v) is 13.1. The van der Waals surface area contributed by atoms with Crippen LogP contribution < -0.4 is 15.8 Å². The monoisotopic (exact) mass is 634 g/mol. The molecule has 2 atom stereocenters. The van der Waals surface area contributed by atoms with Gasteiger partial charge in [0.25, 0.3) is 11.8 Å². The smallest absolute Gasteiger partial charge is 0.268 e. The van der Waals surface area contributed by atoms with Crippen LogP contribution in [-0.2, 0) is 13.6 Å². The van der Waals surface area contributed by atoms with E-state index in [0.29, 0.717) is 41.4 Å². The summed E-state index contributed by atoms with van der Waals surface area (Å²) in [6.45, 7) is 4.60. The first-order valence-corrected chi connectivity index (χ1v) is 16.4. The summed E-state index contributed by atoms with van der Waals surface area (Å²) in [7, 11) is 5.53. The zero-order valence-corrected chi connectivity index (χ0v) is 27.4. The van der Waals surface area contributed by atoms with Crippen LogP contribution in [0.15, 0.2) is 60.7 Å². The van der Waals surface area contributed by atoms with Crippen LogP contribution in [0, 0.1) is 5.92 Å². The van der Waals surface area contributed by atoms with Gasteiger partial charge in [-0.05, 0) is 67.6 Å². The number of ether oxygens (including phenoxy) is 1. The number of nitrogens with one attached hydrogen (secondary N) is 1. The molecular formula is C36H42N8O3. The van der Waals surface area contributed by atoms with Gasteiger partial charge in [-0.3, -0.25) is 14.6 Å². The number of hydrogen-bond donors (Lipinski definition) is 2. The Hall–Kier alpha value is -4.74. The molecule has 47 heavy (non-hydrogen) atoms. The van der Waals surface area contributed by atoms with Crippen molar-refractivity contribution in [2.45, 2.75) is 44.7 Å². The van der Waals surface area contributed by atoms with Crippen molar-refractivity contribution >= 4 is 33.9 Å². The molecule has 3 N–H and O–H groups in total. The van der Waals surface area contributed by atoms with E-state index in [1.165, 1.54) is 12.8 Å². The zero-order valence-electron chi connectivity index (χ0n) is 27.4. The highest BCUT2D eigenvalue weighted by Gasteiger charge is 2.30. The van der Waals surface area contributed by atoms with Crippen LogP contribution in [0.25, 0.3) is 33.6 Å². The SMILES string of the molecule is COc1cc(C(=O)N2CC(N)CCN2C)cc2nc(-c3cc4ccc(C(C)CNC(=O)c5ccccc5)nc4n3CC3CC3)n(C)c12. The van der Waals surface area contributed by atoms with Gasteiger partial charge in [0.05, 0.1) is 24.9 Å². The summed E-state index contributed by atoms with van der Waals surface area (Å²) in [6, 6.07) is 19.2. The van der Waals surface area contributed by atoms with Crippen molar-refractivity contribution in [1.29, 1.82) is 0 Å². The molecule has 3 aromatic heterocycles. The summed E-state index contributed by atoms with van der Waals surface area (Å²) in [5.41, 5.74) is 11.7. The van der Waals surface area contributed by atoms with Crippen molar-refractivity contribution in [2.24, 2.45) is 18.7 Å². The Morgan fingerprint density at radius 1 is 1.02 bits per heavy atom. The van der Waals surface area contributed by atoms with Gasteiger partial charge in [0, 0.05) is 67.9 Å². The van der Waals surface area contributed by atoms with Crippen LogP contribution in [-0.4, -0.2) is 80.8 Å². The number of benzene rings is 2. The van der Waals surface area contributed by atoms with E-state index in [9.17, 15) is 9.59 Å². The Morgan fingerprint density at radius 3 is 2.55 bits per heavy atom. The fourth-order valence-electron chi connectivity index (χ4n) is 6.52. The number of hydrazine groups is 1. The topological polar surface area (TPSA) is 124 Å². The lowest BCUT2D eigenvalue weighted by Crippen LogP contribution is -2.55. The van der Waals surface area contributed by atoms with E-state index in [0.717, 1.165) is 53.3 Å². The van der Waals surface area contributed by atoms with Gasteiger partial charge in [0.1, 0.15) is 16.9 Å². The van der Waals surface area contributed by atoms with Gasteiger partial charge in [-0.15, -0.1) is 0 Å². The van der Waals surface area contributed by atoms with Crippen LogP contribution in [0.5, 0.6) is 5.75 Å². The van der Waals surface area contributed by atoms with E-state index in [2.05, 4.69) is 28.9 Å². The molecule has 2 unspecified atom stereocenters. The molecule has 1 saturated carbocycles. The first-order chi connectivity index (χ1) is 22.7. The maximum Gasteiger partial charge on any atom is 0.268 e. The Bertz CT molecular complexity index is 1960. The third-order valence-electron chi connectivity index (χ3n) is 9.52. The lowest BCUT2D eigenvalue weighted by Gasteiger charge is -2.38. The van der Waals surface area contributed by atoms with Crippen LogP contribution in [0.2, 0.25) is 0 Å².